The molecule has 0 aromatic heterocycles. The molecule has 0 aliphatic carbocycles. The Balaban J connectivity index is 1.54. The van der Waals surface area contributed by atoms with Crippen LogP contribution in [0.1, 0.15) is 25.0 Å². The molecule has 6 nitrogen and oxygen atoms in total. The van der Waals surface area contributed by atoms with E-state index in [0.717, 1.165) is 29.9 Å². The average molecular weight is 444 g/mol. The van der Waals surface area contributed by atoms with Gasteiger partial charge in [0.2, 0.25) is 5.91 Å². The minimum absolute atomic E-state index is 0.0111. The Morgan fingerprint density at radius 3 is 2.39 bits per heavy atom. The maximum absolute atomic E-state index is 12.3. The number of piperazine rings is 1. The van der Waals surface area contributed by atoms with Gasteiger partial charge in [0.1, 0.15) is 5.75 Å². The summed E-state index contributed by atoms with van der Waals surface area (Å²) in [5, 5.41) is 3.40. The van der Waals surface area contributed by atoms with Crippen molar-refractivity contribution in [1.82, 2.24) is 4.90 Å². The molecule has 2 aromatic rings. The number of anilines is 2. The first-order valence-corrected chi connectivity index (χ1v) is 11.0. The van der Waals surface area contributed by atoms with E-state index in [4.69, 9.17) is 16.3 Å². The molecule has 7 heteroatoms. The number of aryl methyl sites for hydroxylation is 2. The third-order valence-electron chi connectivity index (χ3n) is 5.35. The van der Waals surface area contributed by atoms with Crippen molar-refractivity contribution in [3.05, 3.63) is 52.5 Å². The highest BCUT2D eigenvalue weighted by atomic mass is 35.5. The van der Waals surface area contributed by atoms with Crippen LogP contribution in [0.4, 0.5) is 11.4 Å². The van der Waals surface area contributed by atoms with Crippen molar-refractivity contribution in [2.75, 3.05) is 43.0 Å². The number of ether oxygens (including phenoxy) is 1. The van der Waals surface area contributed by atoms with Gasteiger partial charge in [0.15, 0.2) is 6.61 Å². The summed E-state index contributed by atoms with van der Waals surface area (Å²) in [5.41, 5.74) is 3.67. The molecule has 0 spiro atoms. The normalized spacial score (nSPS) is 14.0. The van der Waals surface area contributed by atoms with Crippen molar-refractivity contribution >= 4 is 34.8 Å². The molecule has 0 unspecified atom stereocenters. The Morgan fingerprint density at radius 2 is 1.77 bits per heavy atom. The lowest BCUT2D eigenvalue weighted by Gasteiger charge is -2.37. The summed E-state index contributed by atoms with van der Waals surface area (Å²) in [7, 11) is 0. The van der Waals surface area contributed by atoms with Crippen LogP contribution in [0.25, 0.3) is 0 Å². The summed E-state index contributed by atoms with van der Waals surface area (Å²) in [6, 6.07) is 11.3. The molecule has 2 aromatic carbocycles. The van der Waals surface area contributed by atoms with Crippen LogP contribution in [0.2, 0.25) is 5.02 Å². The lowest BCUT2D eigenvalue weighted by molar-refractivity contribution is -0.134. The van der Waals surface area contributed by atoms with Gasteiger partial charge >= 0.3 is 0 Å². The molecule has 31 heavy (non-hydrogen) atoms. The number of hydrogen-bond acceptors (Lipinski definition) is 4. The summed E-state index contributed by atoms with van der Waals surface area (Å²) in [6.45, 7) is 10.6. The molecule has 0 bridgehead atoms. The maximum atomic E-state index is 12.3. The van der Waals surface area contributed by atoms with Crippen LogP contribution in [0, 0.1) is 19.8 Å². The molecule has 0 radical (unpaired) electrons. The van der Waals surface area contributed by atoms with Crippen LogP contribution in [-0.2, 0) is 9.59 Å². The van der Waals surface area contributed by atoms with E-state index in [-0.39, 0.29) is 24.3 Å². The Kier molecular flexibility index (Phi) is 7.44. The van der Waals surface area contributed by atoms with Gasteiger partial charge in [-0.3, -0.25) is 9.59 Å². The third kappa shape index (κ3) is 5.91. The Hall–Kier alpha value is -2.73. The fraction of sp³-hybridized carbons (Fsp3) is 0.417. The molecule has 1 N–H and O–H groups in total. The molecule has 0 atom stereocenters. The van der Waals surface area contributed by atoms with E-state index in [1.165, 1.54) is 0 Å². The number of halogens is 1. The number of rotatable bonds is 6. The maximum Gasteiger partial charge on any atom is 0.262 e. The first-order valence-electron chi connectivity index (χ1n) is 10.6. The van der Waals surface area contributed by atoms with Crippen LogP contribution in [0.3, 0.4) is 0 Å². The van der Waals surface area contributed by atoms with Crippen molar-refractivity contribution in [2.45, 2.75) is 27.7 Å². The fourth-order valence-corrected chi connectivity index (χ4v) is 3.98. The molecule has 166 valence electrons. The highest BCUT2D eigenvalue weighted by Crippen LogP contribution is 2.30. The molecule has 1 aliphatic heterocycles. The first-order chi connectivity index (χ1) is 14.7. The van der Waals surface area contributed by atoms with E-state index in [2.05, 4.69) is 10.2 Å². The molecule has 2 amide bonds. The van der Waals surface area contributed by atoms with E-state index < -0.39 is 0 Å². The van der Waals surface area contributed by atoms with Gasteiger partial charge in [0.05, 0.1) is 10.7 Å². The van der Waals surface area contributed by atoms with Gasteiger partial charge in [0.25, 0.3) is 5.91 Å². The second-order valence-electron chi connectivity index (χ2n) is 8.24. The predicted octanol–water partition coefficient (Wildman–Crippen LogP) is 4.28. The average Bonchev–Trinajstić information content (AvgIpc) is 2.73. The Labute approximate surface area is 189 Å². The van der Waals surface area contributed by atoms with Gasteiger partial charge < -0.3 is 19.9 Å². The lowest BCUT2D eigenvalue weighted by atomic mass is 10.1. The zero-order valence-corrected chi connectivity index (χ0v) is 19.3. The highest BCUT2D eigenvalue weighted by Gasteiger charge is 2.24. The van der Waals surface area contributed by atoms with E-state index >= 15 is 0 Å². The van der Waals surface area contributed by atoms with E-state index in [0.29, 0.717) is 29.5 Å². The largest absolute Gasteiger partial charge is 0.483 e. The SMILES string of the molecule is Cc1ccc(OCC(=O)Nc2ccc(N3CCN(C(=O)C(C)C)CC3)c(Cl)c2)c(C)c1. The molecule has 1 aliphatic rings. The number of amides is 2. The molecule has 1 fully saturated rings. The first kappa shape index (κ1) is 22.9. The van der Waals surface area contributed by atoms with Crippen molar-refractivity contribution in [1.29, 1.82) is 0 Å². The van der Waals surface area contributed by atoms with Crippen molar-refractivity contribution in [2.24, 2.45) is 5.92 Å². The van der Waals surface area contributed by atoms with E-state index in [1.54, 1.807) is 6.07 Å². The monoisotopic (exact) mass is 443 g/mol. The zero-order valence-electron chi connectivity index (χ0n) is 18.6. The fourth-order valence-electron chi connectivity index (χ4n) is 3.68. The number of benzene rings is 2. The van der Waals surface area contributed by atoms with E-state index in [9.17, 15) is 9.59 Å². The third-order valence-corrected chi connectivity index (χ3v) is 5.65. The molecule has 3 rings (SSSR count). The van der Waals surface area contributed by atoms with Crippen LogP contribution in [-0.4, -0.2) is 49.5 Å². The minimum atomic E-state index is -0.246. The van der Waals surface area contributed by atoms with Gasteiger partial charge in [-0.1, -0.05) is 43.1 Å². The van der Waals surface area contributed by atoms with Crippen molar-refractivity contribution in [3.63, 3.8) is 0 Å². The van der Waals surface area contributed by atoms with Crippen LogP contribution >= 0.6 is 11.6 Å². The van der Waals surface area contributed by atoms with Gasteiger partial charge in [-0.25, -0.2) is 0 Å². The van der Waals surface area contributed by atoms with Crippen LogP contribution in [0.15, 0.2) is 36.4 Å². The molecular weight excluding hydrogens is 414 g/mol. The number of hydrogen-bond donors (Lipinski definition) is 1. The van der Waals surface area contributed by atoms with Gasteiger partial charge in [-0.15, -0.1) is 0 Å². The minimum Gasteiger partial charge on any atom is -0.483 e. The molecular formula is C24H30ClN3O3. The summed E-state index contributed by atoms with van der Waals surface area (Å²) in [5.74, 6) is 0.651. The topological polar surface area (TPSA) is 61.9 Å². The lowest BCUT2D eigenvalue weighted by Crippen LogP contribution is -2.50. The van der Waals surface area contributed by atoms with Gasteiger partial charge in [0, 0.05) is 37.8 Å². The summed E-state index contributed by atoms with van der Waals surface area (Å²) in [4.78, 5) is 28.5. The second-order valence-corrected chi connectivity index (χ2v) is 8.65. The van der Waals surface area contributed by atoms with E-state index in [1.807, 2.05) is 62.9 Å². The summed E-state index contributed by atoms with van der Waals surface area (Å²) < 4.78 is 5.64. The highest BCUT2D eigenvalue weighted by molar-refractivity contribution is 6.33. The summed E-state index contributed by atoms with van der Waals surface area (Å²) in [6.07, 6.45) is 0. The number of nitrogens with one attached hydrogen (secondary N) is 1. The Bertz CT molecular complexity index is 953. The smallest absolute Gasteiger partial charge is 0.262 e. The van der Waals surface area contributed by atoms with Crippen molar-refractivity contribution < 1.29 is 14.3 Å². The van der Waals surface area contributed by atoms with Gasteiger partial charge in [-0.2, -0.15) is 0 Å². The number of nitrogens with zero attached hydrogens (tertiary/aromatic N) is 2. The zero-order chi connectivity index (χ0) is 22.5. The second kappa shape index (κ2) is 10.1. The van der Waals surface area contributed by atoms with Gasteiger partial charge in [-0.05, 0) is 43.7 Å². The van der Waals surface area contributed by atoms with Crippen LogP contribution < -0.4 is 15.0 Å². The Morgan fingerprint density at radius 1 is 1.06 bits per heavy atom. The molecule has 0 saturated carbocycles. The predicted molar refractivity (Wildman–Crippen MR) is 125 cm³/mol. The van der Waals surface area contributed by atoms with Crippen molar-refractivity contribution in [3.8, 4) is 5.75 Å². The quantitative estimate of drug-likeness (QED) is 0.723. The number of carbonyl (C=O) groups excluding carboxylic acids is 2. The standard InChI is InChI=1S/C24H30ClN3O3/c1-16(2)24(30)28-11-9-27(10-12-28)21-7-6-19(14-20(21)25)26-23(29)15-31-22-8-5-17(3)13-18(22)4/h5-8,13-14,16H,9-12,15H2,1-4H3,(H,26,29). The molecule has 1 saturated heterocycles. The molecule has 1 heterocycles. The number of carbonyl (C=O) groups is 2. The summed E-state index contributed by atoms with van der Waals surface area (Å²) >= 11 is 6.50. The van der Waals surface area contributed by atoms with Crippen LogP contribution in [0.5, 0.6) is 5.75 Å².